The van der Waals surface area contributed by atoms with Crippen molar-refractivity contribution in [2.24, 2.45) is 0 Å². The van der Waals surface area contributed by atoms with Crippen LogP contribution in [0.1, 0.15) is 58.6 Å². The van der Waals surface area contributed by atoms with Gasteiger partial charge in [0, 0.05) is 35.0 Å². The Balaban J connectivity index is 1.67. The number of nitrogens with one attached hydrogen (secondary N) is 1. The predicted molar refractivity (Wildman–Crippen MR) is 178 cm³/mol. The highest BCUT2D eigenvalue weighted by atomic mass is 16.6. The van der Waals surface area contributed by atoms with Crippen LogP contribution < -0.4 is 15.0 Å². The van der Waals surface area contributed by atoms with Gasteiger partial charge in [-0.3, -0.25) is 9.69 Å². The molecule has 0 fully saturated rings. The molecule has 0 bridgehead atoms. The Bertz CT molecular complexity index is 1780. The lowest BCUT2D eigenvalue weighted by molar-refractivity contribution is 0.0257. The van der Waals surface area contributed by atoms with Crippen molar-refractivity contribution in [3.05, 3.63) is 72.3 Å². The molecular formula is C35H40N6O6. The van der Waals surface area contributed by atoms with Crippen LogP contribution >= 0.6 is 0 Å². The van der Waals surface area contributed by atoms with Crippen LogP contribution in [0.5, 0.6) is 5.75 Å². The fourth-order valence-electron chi connectivity index (χ4n) is 4.81. The number of hydrogen-bond acceptors (Lipinski definition) is 9. The van der Waals surface area contributed by atoms with E-state index < -0.39 is 29.3 Å². The number of ether oxygens (including phenoxy) is 3. The van der Waals surface area contributed by atoms with Crippen LogP contribution in [-0.2, 0) is 9.47 Å². The highest BCUT2D eigenvalue weighted by molar-refractivity contribution is 6.06. The molecule has 0 saturated carbocycles. The largest absolute Gasteiger partial charge is 0.495 e. The minimum atomic E-state index is -0.800. The topological polar surface area (TPSA) is 147 Å². The highest BCUT2D eigenvalue weighted by Crippen LogP contribution is 2.39. The predicted octanol–water partition coefficient (Wildman–Crippen LogP) is 6.38. The number of benzene rings is 2. The van der Waals surface area contributed by atoms with Crippen molar-refractivity contribution in [1.82, 2.24) is 20.2 Å². The second-order valence-electron chi connectivity index (χ2n) is 13.0. The number of nitrogens with zero attached hydrogens (tertiary/aromatic N) is 5. The van der Waals surface area contributed by atoms with Crippen LogP contribution in [0.3, 0.4) is 0 Å². The molecule has 246 valence electrons. The number of carbonyl (C=O) groups is 3. The fraction of sp³-hybridized carbons (Fsp3) is 0.371. The SMILES string of the molecule is C=C(C#N)CN(C(=O)OC(C)(C)C)c1c(OC)ccc2ccc(-c3ccnc(C(=O)NC4=CCCN(C(=O)OC(C)(C)C)C4)n3)cc12. The average molecular weight is 641 g/mol. The first-order valence-electron chi connectivity index (χ1n) is 15.1. The Morgan fingerprint density at radius 2 is 1.77 bits per heavy atom. The molecule has 2 heterocycles. The molecule has 1 aliphatic rings. The molecule has 4 rings (SSSR count). The Hall–Kier alpha value is -5.44. The average Bonchev–Trinajstić information content (AvgIpc) is 3.01. The van der Waals surface area contributed by atoms with Gasteiger partial charge in [-0.1, -0.05) is 30.9 Å². The maximum absolute atomic E-state index is 13.5. The van der Waals surface area contributed by atoms with E-state index in [9.17, 15) is 19.6 Å². The molecular weight excluding hydrogens is 600 g/mol. The van der Waals surface area contributed by atoms with Gasteiger partial charge in [-0.2, -0.15) is 5.26 Å². The number of nitriles is 1. The number of carbonyl (C=O) groups excluding carboxylic acids is 3. The number of fused-ring (bicyclic) bond motifs is 1. The standard InChI is InChI=1S/C35H40N6O6/c1-22(19-36)20-41(33(44)47-35(5,6)7)29-26-18-24(12-11-23(26)13-14-28(29)45-8)27-15-16-37-30(39-27)31(42)38-25-10-9-17-40(21-25)32(43)46-34(2,3)4/h10-16,18H,1,9,17,20-21H2,2-8H3,(H,38,42). The summed E-state index contributed by atoms with van der Waals surface area (Å²) in [5, 5.41) is 13.7. The molecule has 3 amide bonds. The second kappa shape index (κ2) is 13.9. The van der Waals surface area contributed by atoms with E-state index in [1.54, 1.807) is 53.7 Å². The minimum absolute atomic E-state index is 0.0653. The van der Waals surface area contributed by atoms with E-state index in [2.05, 4.69) is 21.9 Å². The highest BCUT2D eigenvalue weighted by Gasteiger charge is 2.29. The summed E-state index contributed by atoms with van der Waals surface area (Å²) in [5.41, 5.74) is 0.752. The third-order valence-corrected chi connectivity index (χ3v) is 6.80. The molecule has 3 aromatic rings. The van der Waals surface area contributed by atoms with Crippen LogP contribution in [0, 0.1) is 11.3 Å². The Morgan fingerprint density at radius 1 is 1.06 bits per heavy atom. The third kappa shape index (κ3) is 8.85. The van der Waals surface area contributed by atoms with E-state index in [1.165, 1.54) is 23.1 Å². The number of methoxy groups -OCH3 is 1. The number of rotatable bonds is 7. The fourth-order valence-corrected chi connectivity index (χ4v) is 4.81. The van der Waals surface area contributed by atoms with Crippen LogP contribution in [0.2, 0.25) is 0 Å². The number of anilines is 1. The maximum Gasteiger partial charge on any atom is 0.415 e. The maximum atomic E-state index is 13.5. The van der Waals surface area contributed by atoms with Crippen molar-refractivity contribution < 1.29 is 28.6 Å². The van der Waals surface area contributed by atoms with E-state index in [0.717, 1.165) is 5.39 Å². The molecule has 12 nitrogen and oxygen atoms in total. The molecule has 12 heteroatoms. The molecule has 0 radical (unpaired) electrons. The van der Waals surface area contributed by atoms with Gasteiger partial charge in [-0.05, 0) is 71.5 Å². The number of aromatic nitrogens is 2. The monoisotopic (exact) mass is 640 g/mol. The molecule has 1 aliphatic heterocycles. The number of amides is 3. The first-order valence-corrected chi connectivity index (χ1v) is 15.1. The summed E-state index contributed by atoms with van der Waals surface area (Å²) < 4.78 is 16.8. The van der Waals surface area contributed by atoms with E-state index in [4.69, 9.17) is 14.2 Å². The molecule has 0 unspecified atom stereocenters. The second-order valence-corrected chi connectivity index (χ2v) is 13.0. The Labute approximate surface area is 274 Å². The lowest BCUT2D eigenvalue weighted by Gasteiger charge is -2.30. The molecule has 1 aromatic heterocycles. The van der Waals surface area contributed by atoms with Gasteiger partial charge >= 0.3 is 12.2 Å². The first kappa shape index (κ1) is 34.4. The van der Waals surface area contributed by atoms with E-state index >= 15 is 0 Å². The normalized spacial score (nSPS) is 13.2. The summed E-state index contributed by atoms with van der Waals surface area (Å²) >= 11 is 0. The Kier molecular flexibility index (Phi) is 10.2. The van der Waals surface area contributed by atoms with Gasteiger partial charge in [-0.15, -0.1) is 0 Å². The van der Waals surface area contributed by atoms with Crippen molar-refractivity contribution in [1.29, 1.82) is 5.26 Å². The molecule has 47 heavy (non-hydrogen) atoms. The quantitative estimate of drug-likeness (QED) is 0.291. The van der Waals surface area contributed by atoms with E-state index in [1.807, 2.05) is 36.4 Å². The zero-order valence-electron chi connectivity index (χ0n) is 27.8. The summed E-state index contributed by atoms with van der Waals surface area (Å²) in [4.78, 5) is 50.9. The smallest absolute Gasteiger partial charge is 0.415 e. The Morgan fingerprint density at radius 3 is 2.43 bits per heavy atom. The third-order valence-electron chi connectivity index (χ3n) is 6.80. The van der Waals surface area contributed by atoms with E-state index in [0.29, 0.717) is 46.7 Å². The van der Waals surface area contributed by atoms with Crippen LogP contribution in [0.25, 0.3) is 22.0 Å². The summed E-state index contributed by atoms with van der Waals surface area (Å²) in [6.45, 7) is 15.0. The zero-order chi connectivity index (χ0) is 34.5. The van der Waals surface area contributed by atoms with Crippen molar-refractivity contribution in [3.63, 3.8) is 0 Å². The summed E-state index contributed by atoms with van der Waals surface area (Å²) in [6, 6.07) is 12.8. The van der Waals surface area contributed by atoms with Crippen LogP contribution in [0.4, 0.5) is 15.3 Å². The molecule has 2 aromatic carbocycles. The van der Waals surface area contributed by atoms with Crippen LogP contribution in [0.15, 0.2) is 66.5 Å². The van der Waals surface area contributed by atoms with Crippen LogP contribution in [-0.4, -0.2) is 70.9 Å². The molecule has 0 saturated heterocycles. The van der Waals surface area contributed by atoms with Gasteiger partial charge in [0.1, 0.15) is 17.0 Å². The van der Waals surface area contributed by atoms with Gasteiger partial charge < -0.3 is 24.4 Å². The van der Waals surface area contributed by atoms with Gasteiger partial charge in [0.15, 0.2) is 0 Å². The van der Waals surface area contributed by atoms with Gasteiger partial charge in [0.25, 0.3) is 5.91 Å². The number of hydrogen-bond donors (Lipinski definition) is 1. The molecule has 0 atom stereocenters. The summed E-state index contributed by atoms with van der Waals surface area (Å²) in [7, 11) is 1.49. The van der Waals surface area contributed by atoms with Gasteiger partial charge in [0.05, 0.1) is 37.6 Å². The summed E-state index contributed by atoms with van der Waals surface area (Å²) in [5.74, 6) is -0.210. The summed E-state index contributed by atoms with van der Waals surface area (Å²) in [6.07, 6.45) is 2.78. The van der Waals surface area contributed by atoms with E-state index in [-0.39, 0.29) is 24.5 Å². The van der Waals surface area contributed by atoms with Crippen molar-refractivity contribution >= 4 is 34.6 Å². The van der Waals surface area contributed by atoms with Crippen molar-refractivity contribution in [2.45, 2.75) is 59.2 Å². The minimum Gasteiger partial charge on any atom is -0.495 e. The lowest BCUT2D eigenvalue weighted by atomic mass is 10.0. The molecule has 1 N–H and O–H groups in total. The molecule has 0 aliphatic carbocycles. The lowest BCUT2D eigenvalue weighted by Crippen LogP contribution is -2.43. The van der Waals surface area contributed by atoms with Gasteiger partial charge in [0.2, 0.25) is 5.82 Å². The van der Waals surface area contributed by atoms with Gasteiger partial charge in [-0.25, -0.2) is 19.6 Å². The molecule has 0 spiro atoms. The van der Waals surface area contributed by atoms with Crippen molar-refractivity contribution in [3.8, 4) is 23.1 Å². The zero-order valence-corrected chi connectivity index (χ0v) is 27.8. The van der Waals surface area contributed by atoms with Crippen molar-refractivity contribution in [2.75, 3.05) is 31.6 Å². The first-order chi connectivity index (χ1) is 22.1.